The predicted octanol–water partition coefficient (Wildman–Crippen LogP) is 6.51. The average molecular weight is 573 g/mol. The smallest absolute Gasteiger partial charge is 0.227 e. The first-order chi connectivity index (χ1) is 19.2. The quantitative estimate of drug-likeness (QED) is 0.325. The van der Waals surface area contributed by atoms with E-state index in [2.05, 4.69) is 73.5 Å². The summed E-state index contributed by atoms with van der Waals surface area (Å²) in [6.45, 7) is 16.5. The zero-order valence-corrected chi connectivity index (χ0v) is 25.8. The second-order valence-corrected chi connectivity index (χ2v) is 17.6. The molecule has 41 heavy (non-hydrogen) atoms. The van der Waals surface area contributed by atoms with E-state index in [0.29, 0.717) is 48.6 Å². The minimum absolute atomic E-state index is 0.0906. The Labute approximate surface area is 242 Å². The zero-order valence-electron chi connectivity index (χ0n) is 24.8. The summed E-state index contributed by atoms with van der Waals surface area (Å²) in [6.07, 6.45) is 2.07. The largest absolute Gasteiger partial charge is 0.416 e. The third-order valence-corrected chi connectivity index (χ3v) is 13.3. The van der Waals surface area contributed by atoms with Crippen LogP contribution in [0.3, 0.4) is 0 Å². The maximum absolute atomic E-state index is 15.4. The zero-order chi connectivity index (χ0) is 29.7. The molecule has 3 heterocycles. The van der Waals surface area contributed by atoms with Gasteiger partial charge in [0.25, 0.3) is 0 Å². The third kappa shape index (κ3) is 5.20. The second kappa shape index (κ2) is 10.2. The molecule has 10 heteroatoms. The summed E-state index contributed by atoms with van der Waals surface area (Å²) in [6, 6.07) is 11.4. The number of anilines is 4. The number of nitrogens with zero attached hydrogens (tertiary/aromatic N) is 4. The Morgan fingerprint density at radius 2 is 2.05 bits per heavy atom. The van der Waals surface area contributed by atoms with E-state index in [0.717, 1.165) is 16.8 Å². The SMILES string of the molecule is CC(=O)N1CCc2c1ccc(Nc1nccc(-c3cc(C#N)c4c(c3)C(C)(CO[Si](C)(C)C(C)(C)C)CN4)n1)c2F. The molecule has 2 aliphatic heterocycles. The molecule has 1 unspecified atom stereocenters. The molecule has 214 valence electrons. The molecule has 2 aromatic carbocycles. The van der Waals surface area contributed by atoms with Crippen LogP contribution in [0.1, 0.15) is 51.3 Å². The van der Waals surface area contributed by atoms with Gasteiger partial charge in [0.1, 0.15) is 6.07 Å². The van der Waals surface area contributed by atoms with Crippen molar-refractivity contribution in [2.45, 2.75) is 64.6 Å². The minimum Gasteiger partial charge on any atom is -0.416 e. The van der Waals surface area contributed by atoms with E-state index in [1.165, 1.54) is 6.92 Å². The summed E-state index contributed by atoms with van der Waals surface area (Å²) < 4.78 is 22.0. The Bertz CT molecular complexity index is 1580. The van der Waals surface area contributed by atoms with Crippen molar-refractivity contribution in [1.82, 2.24) is 9.97 Å². The highest BCUT2D eigenvalue weighted by atomic mass is 28.4. The van der Waals surface area contributed by atoms with Crippen molar-refractivity contribution in [3.63, 3.8) is 0 Å². The molecule has 0 fully saturated rings. The third-order valence-electron chi connectivity index (χ3n) is 8.79. The molecule has 0 radical (unpaired) electrons. The molecule has 1 aromatic heterocycles. The molecule has 2 N–H and O–H groups in total. The standard InChI is InChI=1S/C31H37FN6O2Si/c1-19(39)38-13-11-22-26(38)9-8-25(27(22)32)37-29-34-12-10-24(36-29)20-14-21(16-33)28-23(15-20)31(5,17-35-28)18-40-41(6,7)30(2,3)4/h8-10,12,14-15,35H,11,13,17-18H2,1-7H3,(H,34,36,37). The number of fused-ring (bicyclic) bond motifs is 2. The number of nitriles is 1. The fraction of sp³-hybridized carbons (Fsp3) is 0.419. The van der Waals surface area contributed by atoms with Crippen molar-refractivity contribution in [1.29, 1.82) is 5.26 Å². The van der Waals surface area contributed by atoms with Crippen molar-refractivity contribution in [3.8, 4) is 17.3 Å². The lowest BCUT2D eigenvalue weighted by Gasteiger charge is -2.39. The van der Waals surface area contributed by atoms with Gasteiger partial charge in [-0.05, 0) is 60.4 Å². The van der Waals surface area contributed by atoms with Gasteiger partial charge in [0.2, 0.25) is 11.9 Å². The number of carbonyl (C=O) groups is 1. The van der Waals surface area contributed by atoms with E-state index < -0.39 is 14.1 Å². The molecular formula is C31H37FN6O2Si. The van der Waals surface area contributed by atoms with E-state index >= 15 is 4.39 Å². The van der Waals surface area contributed by atoms with Crippen LogP contribution in [-0.4, -0.2) is 43.9 Å². The van der Waals surface area contributed by atoms with Gasteiger partial charge in [-0.15, -0.1) is 0 Å². The lowest BCUT2D eigenvalue weighted by molar-refractivity contribution is -0.116. The van der Waals surface area contributed by atoms with Crippen LogP contribution in [0.25, 0.3) is 11.3 Å². The maximum atomic E-state index is 15.4. The molecular weight excluding hydrogens is 535 g/mol. The van der Waals surface area contributed by atoms with Crippen LogP contribution < -0.4 is 15.5 Å². The molecule has 5 rings (SSSR count). The second-order valence-electron chi connectivity index (χ2n) is 12.8. The van der Waals surface area contributed by atoms with Crippen LogP contribution in [0.4, 0.5) is 27.4 Å². The lowest BCUT2D eigenvalue weighted by Crippen LogP contribution is -2.45. The number of carbonyl (C=O) groups excluding carboxylic acids is 1. The van der Waals surface area contributed by atoms with Gasteiger partial charge in [0.05, 0.1) is 22.6 Å². The van der Waals surface area contributed by atoms with Gasteiger partial charge in [0, 0.05) is 55.0 Å². The summed E-state index contributed by atoms with van der Waals surface area (Å²) in [5.41, 5.74) is 4.84. The first-order valence-corrected chi connectivity index (χ1v) is 16.8. The minimum atomic E-state index is -1.98. The van der Waals surface area contributed by atoms with Crippen LogP contribution >= 0.6 is 0 Å². The highest BCUT2D eigenvalue weighted by molar-refractivity contribution is 6.74. The van der Waals surface area contributed by atoms with Crippen LogP contribution in [0.5, 0.6) is 0 Å². The molecule has 1 amide bonds. The lowest BCUT2D eigenvalue weighted by atomic mass is 9.83. The maximum Gasteiger partial charge on any atom is 0.227 e. The Kier molecular flexibility index (Phi) is 7.16. The van der Waals surface area contributed by atoms with Crippen molar-refractivity contribution < 1.29 is 13.6 Å². The van der Waals surface area contributed by atoms with Gasteiger partial charge < -0.3 is 20.0 Å². The fourth-order valence-electron chi connectivity index (χ4n) is 5.18. The number of nitrogens with one attached hydrogen (secondary N) is 2. The Hall–Kier alpha value is -3.81. The Morgan fingerprint density at radius 1 is 1.29 bits per heavy atom. The van der Waals surface area contributed by atoms with E-state index in [-0.39, 0.29) is 28.0 Å². The average Bonchev–Trinajstić information content (AvgIpc) is 3.51. The van der Waals surface area contributed by atoms with Crippen molar-refractivity contribution in [2.24, 2.45) is 0 Å². The van der Waals surface area contributed by atoms with Crippen LogP contribution in [0.2, 0.25) is 18.1 Å². The molecule has 2 aliphatic rings. The Morgan fingerprint density at radius 3 is 2.73 bits per heavy atom. The van der Waals surface area contributed by atoms with E-state index in [1.54, 1.807) is 29.3 Å². The van der Waals surface area contributed by atoms with Gasteiger partial charge in [-0.3, -0.25) is 4.79 Å². The molecule has 0 bridgehead atoms. The van der Waals surface area contributed by atoms with E-state index in [9.17, 15) is 10.1 Å². The van der Waals surface area contributed by atoms with Crippen molar-refractivity contribution in [3.05, 3.63) is 59.0 Å². The molecule has 0 saturated carbocycles. The topological polar surface area (TPSA) is 103 Å². The number of hydrogen-bond donors (Lipinski definition) is 2. The van der Waals surface area contributed by atoms with E-state index in [1.807, 2.05) is 6.07 Å². The van der Waals surface area contributed by atoms with Gasteiger partial charge >= 0.3 is 0 Å². The molecule has 1 atom stereocenters. The number of aromatic nitrogens is 2. The van der Waals surface area contributed by atoms with Gasteiger partial charge in [-0.25, -0.2) is 14.4 Å². The summed E-state index contributed by atoms with van der Waals surface area (Å²) in [7, 11) is -1.98. The molecule has 0 saturated heterocycles. The highest BCUT2D eigenvalue weighted by Gasteiger charge is 2.42. The number of rotatable bonds is 6. The number of halogens is 1. The van der Waals surface area contributed by atoms with Gasteiger partial charge in [-0.2, -0.15) is 5.26 Å². The normalized spacial score (nSPS) is 18.0. The summed E-state index contributed by atoms with van der Waals surface area (Å²) >= 11 is 0. The van der Waals surface area contributed by atoms with Gasteiger partial charge in [0.15, 0.2) is 14.1 Å². The van der Waals surface area contributed by atoms with Crippen LogP contribution in [0.15, 0.2) is 36.5 Å². The van der Waals surface area contributed by atoms with Crippen molar-refractivity contribution in [2.75, 3.05) is 35.2 Å². The summed E-state index contributed by atoms with van der Waals surface area (Å²) in [5.74, 6) is -0.277. The number of benzene rings is 2. The molecule has 0 spiro atoms. The first kappa shape index (κ1) is 28.7. The highest BCUT2D eigenvalue weighted by Crippen LogP contribution is 2.44. The molecule has 3 aromatic rings. The van der Waals surface area contributed by atoms with Crippen LogP contribution in [-0.2, 0) is 21.1 Å². The first-order valence-electron chi connectivity index (χ1n) is 13.9. The van der Waals surface area contributed by atoms with Gasteiger partial charge in [-0.1, -0.05) is 27.7 Å². The van der Waals surface area contributed by atoms with Crippen molar-refractivity contribution >= 4 is 37.2 Å². The monoisotopic (exact) mass is 572 g/mol. The summed E-state index contributed by atoms with van der Waals surface area (Å²) in [5, 5.41) is 16.5. The fourth-order valence-corrected chi connectivity index (χ4v) is 6.29. The molecule has 8 nitrogen and oxygen atoms in total. The predicted molar refractivity (Wildman–Crippen MR) is 163 cm³/mol. The van der Waals surface area contributed by atoms with E-state index in [4.69, 9.17) is 4.43 Å². The van der Waals surface area contributed by atoms with Crippen LogP contribution in [0, 0.1) is 17.1 Å². The summed E-state index contributed by atoms with van der Waals surface area (Å²) in [4.78, 5) is 22.5. The number of amides is 1. The molecule has 0 aliphatic carbocycles. The Balaban J connectivity index is 1.45. The number of hydrogen-bond acceptors (Lipinski definition) is 7.